The summed E-state index contributed by atoms with van der Waals surface area (Å²) in [6, 6.07) is 4.94. The Bertz CT molecular complexity index is 877. The van der Waals surface area contributed by atoms with Gasteiger partial charge in [-0.3, -0.25) is 9.88 Å². The van der Waals surface area contributed by atoms with E-state index in [9.17, 15) is 0 Å². The van der Waals surface area contributed by atoms with E-state index in [-0.39, 0.29) is 12.6 Å². The molecule has 2 aliphatic rings. The van der Waals surface area contributed by atoms with Crippen LogP contribution >= 0.6 is 0 Å². The van der Waals surface area contributed by atoms with Crippen molar-refractivity contribution in [2.24, 2.45) is 0 Å². The van der Waals surface area contributed by atoms with Gasteiger partial charge in [-0.1, -0.05) is 25.3 Å². The second-order valence-corrected chi connectivity index (χ2v) is 9.98. The molecule has 34 heavy (non-hydrogen) atoms. The Morgan fingerprint density at radius 1 is 1.06 bits per heavy atom. The third-order valence-electron chi connectivity index (χ3n) is 7.01. The SMILES string of the molecule is CC(CCCO)Nc1ncc(-c2ccc(CN3CCN(C)CC3)cn2)c(NC2CCCCC2)n1. The molecule has 0 bridgehead atoms. The first kappa shape index (κ1) is 24.8. The summed E-state index contributed by atoms with van der Waals surface area (Å²) in [6.07, 6.45) is 11.7. The van der Waals surface area contributed by atoms with Crippen molar-refractivity contribution >= 4 is 11.8 Å². The molecule has 4 rings (SSSR count). The second-order valence-electron chi connectivity index (χ2n) is 9.98. The number of anilines is 2. The first-order valence-corrected chi connectivity index (χ1v) is 13.0. The van der Waals surface area contributed by atoms with Crippen LogP contribution in [0.2, 0.25) is 0 Å². The highest BCUT2D eigenvalue weighted by Crippen LogP contribution is 2.29. The molecule has 0 radical (unpaired) electrons. The number of piperazine rings is 1. The third-order valence-corrected chi connectivity index (χ3v) is 7.01. The van der Waals surface area contributed by atoms with Gasteiger partial charge < -0.3 is 20.6 Å². The zero-order valence-electron chi connectivity index (χ0n) is 20.8. The molecular weight excluding hydrogens is 426 g/mol. The van der Waals surface area contributed by atoms with Crippen molar-refractivity contribution in [1.29, 1.82) is 0 Å². The Morgan fingerprint density at radius 3 is 2.56 bits per heavy atom. The summed E-state index contributed by atoms with van der Waals surface area (Å²) in [7, 11) is 2.19. The zero-order valence-corrected chi connectivity index (χ0v) is 20.8. The number of likely N-dealkylation sites (N-methyl/N-ethyl adjacent to an activating group) is 1. The molecule has 2 aromatic rings. The smallest absolute Gasteiger partial charge is 0.224 e. The molecule has 8 heteroatoms. The van der Waals surface area contributed by atoms with Gasteiger partial charge in [0.05, 0.1) is 11.3 Å². The monoisotopic (exact) mass is 467 g/mol. The van der Waals surface area contributed by atoms with Crippen LogP contribution in [-0.4, -0.2) is 81.8 Å². The highest BCUT2D eigenvalue weighted by atomic mass is 16.2. The van der Waals surface area contributed by atoms with Gasteiger partial charge >= 0.3 is 0 Å². The molecule has 1 atom stereocenters. The summed E-state index contributed by atoms with van der Waals surface area (Å²) in [5, 5.41) is 16.2. The number of aliphatic hydroxyl groups excluding tert-OH is 1. The standard InChI is InChI=1S/C26H41N7O/c1-20(7-6-16-34)29-26-28-18-23(25(31-26)30-22-8-4-3-5-9-22)24-11-10-21(17-27-24)19-33-14-12-32(2)13-15-33/h10-11,17-18,20,22,34H,3-9,12-16,19H2,1-2H3,(H2,28,29,30,31). The van der Waals surface area contributed by atoms with Gasteiger partial charge in [0, 0.05) is 63.8 Å². The van der Waals surface area contributed by atoms with E-state index in [4.69, 9.17) is 15.1 Å². The lowest BCUT2D eigenvalue weighted by Gasteiger charge is -2.32. The third kappa shape index (κ3) is 7.10. The molecule has 0 spiro atoms. The fraction of sp³-hybridized carbons (Fsp3) is 0.654. The van der Waals surface area contributed by atoms with Crippen molar-refractivity contribution in [2.45, 2.75) is 70.5 Å². The molecule has 2 aromatic heterocycles. The number of rotatable bonds is 10. The first-order chi connectivity index (χ1) is 16.6. The van der Waals surface area contributed by atoms with E-state index in [0.717, 1.165) is 62.6 Å². The molecule has 8 nitrogen and oxygen atoms in total. The first-order valence-electron chi connectivity index (χ1n) is 13.0. The molecule has 3 heterocycles. The van der Waals surface area contributed by atoms with Crippen LogP contribution in [0, 0.1) is 0 Å². The highest BCUT2D eigenvalue weighted by molar-refractivity contribution is 5.73. The van der Waals surface area contributed by atoms with Crippen LogP contribution < -0.4 is 10.6 Å². The van der Waals surface area contributed by atoms with E-state index in [0.29, 0.717) is 12.0 Å². The molecular formula is C26H41N7O. The molecule has 1 aliphatic heterocycles. The van der Waals surface area contributed by atoms with Crippen LogP contribution in [0.5, 0.6) is 0 Å². The van der Waals surface area contributed by atoms with E-state index in [1.807, 2.05) is 12.4 Å². The second kappa shape index (κ2) is 12.4. The van der Waals surface area contributed by atoms with Gasteiger partial charge in [-0.15, -0.1) is 0 Å². The average Bonchev–Trinajstić information content (AvgIpc) is 2.86. The minimum Gasteiger partial charge on any atom is -0.396 e. The number of hydrogen-bond acceptors (Lipinski definition) is 8. The van der Waals surface area contributed by atoms with E-state index in [1.165, 1.54) is 37.7 Å². The van der Waals surface area contributed by atoms with E-state index in [2.05, 4.69) is 51.5 Å². The maximum absolute atomic E-state index is 9.11. The fourth-order valence-corrected chi connectivity index (χ4v) is 4.82. The van der Waals surface area contributed by atoms with E-state index < -0.39 is 0 Å². The predicted molar refractivity (Wildman–Crippen MR) is 138 cm³/mol. The molecule has 0 aromatic carbocycles. The average molecular weight is 468 g/mol. The highest BCUT2D eigenvalue weighted by Gasteiger charge is 2.19. The maximum Gasteiger partial charge on any atom is 0.224 e. The molecule has 3 N–H and O–H groups in total. The van der Waals surface area contributed by atoms with Crippen molar-refractivity contribution in [3.63, 3.8) is 0 Å². The summed E-state index contributed by atoms with van der Waals surface area (Å²) in [5.74, 6) is 1.48. The van der Waals surface area contributed by atoms with Crippen LogP contribution in [0.4, 0.5) is 11.8 Å². The Balaban J connectivity index is 1.49. The Labute approximate surface area is 204 Å². The largest absolute Gasteiger partial charge is 0.396 e. The Kier molecular flexibility index (Phi) is 9.07. The molecule has 2 fully saturated rings. The van der Waals surface area contributed by atoms with Gasteiger partial charge in [0.15, 0.2) is 0 Å². The number of hydrogen-bond donors (Lipinski definition) is 3. The summed E-state index contributed by atoms with van der Waals surface area (Å²) in [5.41, 5.74) is 3.10. The lowest BCUT2D eigenvalue weighted by Crippen LogP contribution is -2.43. The molecule has 0 amide bonds. The predicted octanol–water partition coefficient (Wildman–Crippen LogP) is 3.60. The van der Waals surface area contributed by atoms with Gasteiger partial charge in [-0.2, -0.15) is 4.98 Å². The van der Waals surface area contributed by atoms with Crippen LogP contribution in [0.1, 0.15) is 57.4 Å². The lowest BCUT2D eigenvalue weighted by atomic mass is 9.95. The van der Waals surface area contributed by atoms with Crippen molar-refractivity contribution in [3.05, 3.63) is 30.1 Å². The Morgan fingerprint density at radius 2 is 1.85 bits per heavy atom. The minimum absolute atomic E-state index is 0.201. The van der Waals surface area contributed by atoms with E-state index in [1.54, 1.807) is 0 Å². The fourth-order valence-electron chi connectivity index (χ4n) is 4.82. The van der Waals surface area contributed by atoms with Crippen LogP contribution in [0.25, 0.3) is 11.3 Å². The van der Waals surface area contributed by atoms with Gasteiger partial charge in [0.2, 0.25) is 5.95 Å². The van der Waals surface area contributed by atoms with Crippen molar-refractivity contribution in [3.8, 4) is 11.3 Å². The quantitative estimate of drug-likeness (QED) is 0.488. The van der Waals surface area contributed by atoms with Crippen molar-refractivity contribution < 1.29 is 5.11 Å². The summed E-state index contributed by atoms with van der Waals surface area (Å²) >= 11 is 0. The molecule has 1 saturated heterocycles. The van der Waals surface area contributed by atoms with Crippen molar-refractivity contribution in [1.82, 2.24) is 24.8 Å². The number of pyridine rings is 1. The number of aliphatic hydroxyl groups is 1. The van der Waals surface area contributed by atoms with Crippen LogP contribution in [-0.2, 0) is 6.54 Å². The summed E-state index contributed by atoms with van der Waals surface area (Å²) in [6.45, 7) is 7.70. The van der Waals surface area contributed by atoms with Gasteiger partial charge in [-0.25, -0.2) is 4.98 Å². The number of aromatic nitrogens is 3. The molecule has 1 saturated carbocycles. The minimum atomic E-state index is 0.201. The van der Waals surface area contributed by atoms with Gasteiger partial charge in [-0.05, 0) is 51.3 Å². The van der Waals surface area contributed by atoms with E-state index >= 15 is 0 Å². The molecule has 186 valence electrons. The van der Waals surface area contributed by atoms with Gasteiger partial charge in [0.25, 0.3) is 0 Å². The van der Waals surface area contributed by atoms with Gasteiger partial charge in [0.1, 0.15) is 5.82 Å². The van der Waals surface area contributed by atoms with Crippen LogP contribution in [0.15, 0.2) is 24.5 Å². The molecule has 1 aliphatic carbocycles. The lowest BCUT2D eigenvalue weighted by molar-refractivity contribution is 0.148. The summed E-state index contributed by atoms with van der Waals surface area (Å²) in [4.78, 5) is 19.2. The number of nitrogens with zero attached hydrogens (tertiary/aromatic N) is 5. The molecule has 1 unspecified atom stereocenters. The zero-order chi connectivity index (χ0) is 23.8. The normalized spacial score (nSPS) is 19.1. The Hall–Kier alpha value is -2.29. The summed E-state index contributed by atoms with van der Waals surface area (Å²) < 4.78 is 0. The van der Waals surface area contributed by atoms with Crippen molar-refractivity contribution in [2.75, 3.05) is 50.5 Å². The maximum atomic E-state index is 9.11. The topological polar surface area (TPSA) is 89.4 Å². The number of nitrogens with one attached hydrogen (secondary N) is 2. The van der Waals surface area contributed by atoms with Crippen LogP contribution in [0.3, 0.4) is 0 Å².